The molecule has 1 aliphatic rings. The van der Waals surface area contributed by atoms with E-state index in [1.54, 1.807) is 11.8 Å². The van der Waals surface area contributed by atoms with Crippen LogP contribution in [0.1, 0.15) is 34.1 Å². The lowest BCUT2D eigenvalue weighted by Gasteiger charge is -2.25. The number of hydrogen-bond acceptors (Lipinski definition) is 3. The number of guanidine groups is 1. The Morgan fingerprint density at radius 2 is 2.11 bits per heavy atom. The van der Waals surface area contributed by atoms with Gasteiger partial charge in [-0.15, -0.1) is 24.0 Å². The van der Waals surface area contributed by atoms with Gasteiger partial charge in [-0.2, -0.15) is 11.8 Å². The summed E-state index contributed by atoms with van der Waals surface area (Å²) in [7, 11) is 0. The number of rotatable bonds is 3. The number of nitrogens with one attached hydrogen (secondary N) is 2. The minimum absolute atomic E-state index is 0. The standard InChI is InChI=1S/C12H25N3OS.HI/c1-5-13-10(15-11(2,3)4)14-8-12(16)6-7-17-9-12;/h16H,5-9H2,1-4H3,(H2,13,14,15);1H. The average molecular weight is 387 g/mol. The second-order valence-corrected chi connectivity index (χ2v) is 6.70. The van der Waals surface area contributed by atoms with Crippen LogP contribution in [0.25, 0.3) is 0 Å². The first kappa shape index (κ1) is 18.3. The predicted molar refractivity (Wildman–Crippen MR) is 91.2 cm³/mol. The molecule has 3 N–H and O–H groups in total. The van der Waals surface area contributed by atoms with Gasteiger partial charge in [0.1, 0.15) is 0 Å². The summed E-state index contributed by atoms with van der Waals surface area (Å²) in [5.41, 5.74) is -0.626. The van der Waals surface area contributed by atoms with E-state index >= 15 is 0 Å². The zero-order chi connectivity index (χ0) is 12.9. The SMILES string of the molecule is CCNC(=NCC1(O)CCSC1)NC(C)(C)C.I. The molecule has 18 heavy (non-hydrogen) atoms. The van der Waals surface area contributed by atoms with Crippen LogP contribution >= 0.6 is 35.7 Å². The molecule has 1 rings (SSSR count). The fraction of sp³-hybridized carbons (Fsp3) is 0.917. The van der Waals surface area contributed by atoms with Gasteiger partial charge in [0.05, 0.1) is 12.1 Å². The molecule has 0 bridgehead atoms. The van der Waals surface area contributed by atoms with Crippen LogP contribution < -0.4 is 10.6 Å². The highest BCUT2D eigenvalue weighted by Gasteiger charge is 2.31. The second-order valence-electron chi connectivity index (χ2n) is 5.60. The maximum Gasteiger partial charge on any atom is 0.191 e. The normalized spacial score (nSPS) is 24.6. The van der Waals surface area contributed by atoms with Crippen LogP contribution in [0.4, 0.5) is 0 Å². The van der Waals surface area contributed by atoms with Crippen molar-refractivity contribution in [2.24, 2.45) is 4.99 Å². The summed E-state index contributed by atoms with van der Waals surface area (Å²) < 4.78 is 0. The van der Waals surface area contributed by atoms with E-state index in [-0.39, 0.29) is 29.5 Å². The highest BCUT2D eigenvalue weighted by atomic mass is 127. The molecule has 6 heteroatoms. The number of aliphatic imine (C=N–C) groups is 1. The molecule has 1 fully saturated rings. The van der Waals surface area contributed by atoms with Gasteiger partial charge in [-0.1, -0.05) is 0 Å². The largest absolute Gasteiger partial charge is 0.387 e. The molecule has 4 nitrogen and oxygen atoms in total. The van der Waals surface area contributed by atoms with Crippen molar-refractivity contribution in [3.63, 3.8) is 0 Å². The Balaban J connectivity index is 0.00000289. The fourth-order valence-electron chi connectivity index (χ4n) is 1.61. The smallest absolute Gasteiger partial charge is 0.191 e. The molecule has 0 aliphatic carbocycles. The summed E-state index contributed by atoms with van der Waals surface area (Å²) in [6.45, 7) is 9.64. The van der Waals surface area contributed by atoms with Gasteiger partial charge in [-0.3, -0.25) is 4.99 Å². The molecule has 0 spiro atoms. The predicted octanol–water partition coefficient (Wildman–Crippen LogP) is 1.83. The van der Waals surface area contributed by atoms with E-state index in [2.05, 4.69) is 36.4 Å². The Bertz CT molecular complexity index is 273. The first-order chi connectivity index (χ1) is 7.85. The molecule has 1 heterocycles. The van der Waals surface area contributed by atoms with Gasteiger partial charge in [0.2, 0.25) is 0 Å². The molecule has 0 aromatic heterocycles. The van der Waals surface area contributed by atoms with Crippen LogP contribution in [0.3, 0.4) is 0 Å². The number of halogens is 1. The van der Waals surface area contributed by atoms with Crippen LogP contribution in [-0.2, 0) is 0 Å². The van der Waals surface area contributed by atoms with Gasteiger partial charge in [0.25, 0.3) is 0 Å². The Morgan fingerprint density at radius 3 is 2.56 bits per heavy atom. The van der Waals surface area contributed by atoms with Crippen molar-refractivity contribution in [2.45, 2.75) is 45.3 Å². The minimum Gasteiger partial charge on any atom is -0.387 e. The number of thioether (sulfide) groups is 1. The molecule has 0 aromatic carbocycles. The fourth-order valence-corrected chi connectivity index (χ4v) is 2.89. The molecule has 0 aromatic rings. The van der Waals surface area contributed by atoms with Gasteiger partial charge in [0, 0.05) is 17.8 Å². The van der Waals surface area contributed by atoms with E-state index < -0.39 is 5.60 Å². The van der Waals surface area contributed by atoms with Gasteiger partial charge in [-0.05, 0) is 39.9 Å². The molecular weight excluding hydrogens is 361 g/mol. The number of nitrogens with zero attached hydrogens (tertiary/aromatic N) is 1. The summed E-state index contributed by atoms with van der Waals surface area (Å²) >= 11 is 1.80. The quantitative estimate of drug-likeness (QED) is 0.393. The van der Waals surface area contributed by atoms with Crippen molar-refractivity contribution < 1.29 is 5.11 Å². The average Bonchev–Trinajstić information content (AvgIpc) is 2.61. The first-order valence-corrected chi connectivity index (χ1v) is 7.37. The first-order valence-electron chi connectivity index (χ1n) is 6.21. The second kappa shape index (κ2) is 7.79. The van der Waals surface area contributed by atoms with Crippen LogP contribution in [0, 0.1) is 0 Å². The zero-order valence-electron chi connectivity index (χ0n) is 11.7. The van der Waals surface area contributed by atoms with Crippen LogP contribution in [0.2, 0.25) is 0 Å². The molecule has 0 radical (unpaired) electrons. The molecule has 108 valence electrons. The number of hydrogen-bond donors (Lipinski definition) is 3. The van der Waals surface area contributed by atoms with E-state index in [0.717, 1.165) is 30.4 Å². The molecule has 1 unspecified atom stereocenters. The van der Waals surface area contributed by atoms with E-state index in [1.165, 1.54) is 0 Å². The highest BCUT2D eigenvalue weighted by molar-refractivity contribution is 14.0. The summed E-state index contributed by atoms with van der Waals surface area (Å²) in [5, 5.41) is 16.7. The van der Waals surface area contributed by atoms with Crippen LogP contribution in [-0.4, -0.2) is 46.8 Å². The third-order valence-corrected chi connectivity index (χ3v) is 3.69. The third kappa shape index (κ3) is 7.04. The molecule has 1 aliphatic heterocycles. The van der Waals surface area contributed by atoms with Crippen LogP contribution in [0.15, 0.2) is 4.99 Å². The maximum atomic E-state index is 10.2. The lowest BCUT2D eigenvalue weighted by atomic mass is 10.0. The topological polar surface area (TPSA) is 56.7 Å². The van der Waals surface area contributed by atoms with E-state index in [1.807, 2.05) is 6.92 Å². The van der Waals surface area contributed by atoms with Crippen molar-refractivity contribution >= 4 is 41.7 Å². The van der Waals surface area contributed by atoms with Gasteiger partial charge < -0.3 is 15.7 Å². The number of aliphatic hydroxyl groups is 1. The van der Waals surface area contributed by atoms with E-state index in [9.17, 15) is 5.11 Å². The van der Waals surface area contributed by atoms with Crippen molar-refractivity contribution in [3.05, 3.63) is 0 Å². The highest BCUT2D eigenvalue weighted by Crippen LogP contribution is 2.27. The van der Waals surface area contributed by atoms with Crippen molar-refractivity contribution in [1.29, 1.82) is 0 Å². The Labute approximate surface area is 132 Å². The maximum absolute atomic E-state index is 10.2. The zero-order valence-corrected chi connectivity index (χ0v) is 14.9. The molecule has 1 saturated heterocycles. The van der Waals surface area contributed by atoms with Crippen molar-refractivity contribution in [3.8, 4) is 0 Å². The van der Waals surface area contributed by atoms with Gasteiger partial charge >= 0.3 is 0 Å². The molecule has 0 amide bonds. The summed E-state index contributed by atoms with van der Waals surface area (Å²) in [6, 6.07) is 0. The third-order valence-electron chi connectivity index (χ3n) is 2.45. The Hall–Kier alpha value is 0.310. The lowest BCUT2D eigenvalue weighted by Crippen LogP contribution is -2.48. The van der Waals surface area contributed by atoms with Gasteiger partial charge in [-0.25, -0.2) is 0 Å². The lowest BCUT2D eigenvalue weighted by molar-refractivity contribution is 0.0778. The molecular formula is C12H26IN3OS. The summed E-state index contributed by atoms with van der Waals surface area (Å²) in [4.78, 5) is 4.48. The monoisotopic (exact) mass is 387 g/mol. The van der Waals surface area contributed by atoms with E-state index in [4.69, 9.17) is 0 Å². The minimum atomic E-state index is -0.606. The van der Waals surface area contributed by atoms with Crippen molar-refractivity contribution in [2.75, 3.05) is 24.6 Å². The summed E-state index contributed by atoms with van der Waals surface area (Å²) in [5.74, 6) is 2.62. The molecule has 1 atom stereocenters. The van der Waals surface area contributed by atoms with Gasteiger partial charge in [0.15, 0.2) is 5.96 Å². The van der Waals surface area contributed by atoms with E-state index in [0.29, 0.717) is 6.54 Å². The summed E-state index contributed by atoms with van der Waals surface area (Å²) in [6.07, 6.45) is 0.843. The Kier molecular flexibility index (Phi) is 7.93. The van der Waals surface area contributed by atoms with Crippen molar-refractivity contribution in [1.82, 2.24) is 10.6 Å². The Morgan fingerprint density at radius 1 is 1.44 bits per heavy atom. The van der Waals surface area contributed by atoms with Crippen LogP contribution in [0.5, 0.6) is 0 Å². The molecule has 0 saturated carbocycles.